The molecule has 1 radical (unpaired) electrons. The molecule has 3 heteroatoms. The number of amides is 1. The van der Waals surface area contributed by atoms with Crippen LogP contribution in [0.5, 0.6) is 0 Å². The number of aromatic nitrogens is 1. The summed E-state index contributed by atoms with van der Waals surface area (Å²) >= 11 is 0. The lowest BCUT2D eigenvalue weighted by Crippen LogP contribution is -2.05. The normalized spacial score (nSPS) is 10.6. The Bertz CT molecular complexity index is 726. The summed E-state index contributed by atoms with van der Waals surface area (Å²) < 4.78 is 2.10. The van der Waals surface area contributed by atoms with Crippen LogP contribution in [-0.2, 0) is 4.79 Å². The monoisotopic (exact) mass is 249 g/mol. The summed E-state index contributed by atoms with van der Waals surface area (Å²) in [5, 5.41) is 3.94. The van der Waals surface area contributed by atoms with Crippen molar-refractivity contribution in [1.82, 2.24) is 4.57 Å². The van der Waals surface area contributed by atoms with Gasteiger partial charge in [0.05, 0.1) is 5.52 Å². The Morgan fingerprint density at radius 2 is 1.95 bits per heavy atom. The number of rotatable bonds is 2. The van der Waals surface area contributed by atoms with Gasteiger partial charge < -0.3 is 9.88 Å². The maximum atomic E-state index is 11.0. The smallest absolute Gasteiger partial charge is 0.221 e. The van der Waals surface area contributed by atoms with Crippen LogP contribution in [-0.4, -0.2) is 10.5 Å². The van der Waals surface area contributed by atoms with Crippen molar-refractivity contribution in [2.24, 2.45) is 0 Å². The molecule has 0 unspecified atom stereocenters. The van der Waals surface area contributed by atoms with Crippen LogP contribution in [0.4, 0.5) is 5.69 Å². The summed E-state index contributed by atoms with van der Waals surface area (Å²) in [5.41, 5.74) is 2.98. The molecule has 3 nitrogen and oxygen atoms in total. The van der Waals surface area contributed by atoms with Crippen molar-refractivity contribution in [3.8, 4) is 5.69 Å². The first kappa shape index (κ1) is 11.5. The van der Waals surface area contributed by atoms with Gasteiger partial charge in [-0.1, -0.05) is 12.1 Å². The van der Waals surface area contributed by atoms with E-state index in [1.807, 2.05) is 48.7 Å². The minimum absolute atomic E-state index is 0.0613. The average molecular weight is 249 g/mol. The third-order valence-electron chi connectivity index (χ3n) is 3.00. The number of anilines is 1. The van der Waals surface area contributed by atoms with Crippen molar-refractivity contribution < 1.29 is 4.79 Å². The van der Waals surface area contributed by atoms with Gasteiger partial charge in [0.25, 0.3) is 0 Å². The minimum atomic E-state index is -0.0613. The van der Waals surface area contributed by atoms with Gasteiger partial charge in [-0.05, 0) is 47.9 Å². The van der Waals surface area contributed by atoms with Gasteiger partial charge in [0.15, 0.2) is 0 Å². The molecule has 1 heterocycles. The number of carbonyl (C=O) groups excluding carboxylic acids is 1. The van der Waals surface area contributed by atoms with Crippen molar-refractivity contribution in [3.05, 3.63) is 60.8 Å². The van der Waals surface area contributed by atoms with Gasteiger partial charge in [-0.2, -0.15) is 0 Å². The molecular weight excluding hydrogens is 236 g/mol. The highest BCUT2D eigenvalue weighted by Crippen LogP contribution is 2.21. The molecule has 0 fully saturated rings. The van der Waals surface area contributed by atoms with E-state index in [4.69, 9.17) is 0 Å². The first-order valence-electron chi connectivity index (χ1n) is 6.09. The van der Waals surface area contributed by atoms with Crippen molar-refractivity contribution in [2.45, 2.75) is 6.92 Å². The third kappa shape index (κ3) is 2.22. The molecule has 93 valence electrons. The molecule has 0 saturated heterocycles. The SMILES string of the molecule is CC(=O)Nc1ccc(-n2ccc3cc[c]cc32)cc1. The van der Waals surface area contributed by atoms with Crippen LogP contribution in [0.1, 0.15) is 6.92 Å². The van der Waals surface area contributed by atoms with Gasteiger partial charge >= 0.3 is 0 Å². The van der Waals surface area contributed by atoms with Crippen LogP contribution >= 0.6 is 0 Å². The second kappa shape index (κ2) is 4.61. The predicted octanol–water partition coefficient (Wildman–Crippen LogP) is 3.39. The Hall–Kier alpha value is -2.55. The lowest BCUT2D eigenvalue weighted by atomic mass is 10.2. The van der Waals surface area contributed by atoms with E-state index in [0.717, 1.165) is 16.9 Å². The lowest BCUT2D eigenvalue weighted by Gasteiger charge is -2.07. The van der Waals surface area contributed by atoms with Gasteiger partial charge in [0, 0.05) is 24.5 Å². The molecular formula is C16H13N2O. The van der Waals surface area contributed by atoms with E-state index < -0.39 is 0 Å². The summed E-state index contributed by atoms with van der Waals surface area (Å²) in [4.78, 5) is 11.0. The van der Waals surface area contributed by atoms with Gasteiger partial charge in [-0.3, -0.25) is 4.79 Å². The zero-order chi connectivity index (χ0) is 13.2. The molecule has 0 spiro atoms. The number of benzene rings is 2. The van der Waals surface area contributed by atoms with E-state index in [1.165, 1.54) is 12.3 Å². The van der Waals surface area contributed by atoms with E-state index in [9.17, 15) is 4.79 Å². The fraction of sp³-hybridized carbons (Fsp3) is 0.0625. The minimum Gasteiger partial charge on any atom is -0.326 e. The molecule has 1 aromatic heterocycles. The molecule has 0 aliphatic heterocycles. The first-order valence-corrected chi connectivity index (χ1v) is 6.09. The topological polar surface area (TPSA) is 34.0 Å². The molecule has 0 aliphatic carbocycles. The zero-order valence-electron chi connectivity index (χ0n) is 10.6. The maximum Gasteiger partial charge on any atom is 0.221 e. The summed E-state index contributed by atoms with van der Waals surface area (Å²) in [7, 11) is 0. The van der Waals surface area contributed by atoms with Crippen LogP contribution in [0.15, 0.2) is 54.7 Å². The molecule has 0 bridgehead atoms. The van der Waals surface area contributed by atoms with Gasteiger partial charge in [0.1, 0.15) is 0 Å². The Labute approximate surface area is 111 Å². The Kier molecular flexibility index (Phi) is 2.80. The fourth-order valence-corrected chi connectivity index (χ4v) is 2.15. The zero-order valence-corrected chi connectivity index (χ0v) is 10.6. The van der Waals surface area contributed by atoms with Crippen LogP contribution in [0, 0.1) is 6.07 Å². The molecule has 3 aromatic rings. The largest absolute Gasteiger partial charge is 0.326 e. The average Bonchev–Trinajstić information content (AvgIpc) is 2.83. The van der Waals surface area contributed by atoms with Crippen molar-refractivity contribution in [3.63, 3.8) is 0 Å². The number of fused-ring (bicyclic) bond motifs is 1. The van der Waals surface area contributed by atoms with Crippen LogP contribution < -0.4 is 5.32 Å². The Morgan fingerprint density at radius 3 is 2.68 bits per heavy atom. The van der Waals surface area contributed by atoms with Gasteiger partial charge in [0.2, 0.25) is 5.91 Å². The molecule has 1 N–H and O–H groups in total. The molecule has 0 atom stereocenters. The second-order valence-corrected chi connectivity index (χ2v) is 4.40. The predicted molar refractivity (Wildman–Crippen MR) is 76.4 cm³/mol. The number of hydrogen-bond acceptors (Lipinski definition) is 1. The van der Waals surface area contributed by atoms with E-state index in [-0.39, 0.29) is 5.91 Å². The van der Waals surface area contributed by atoms with Crippen LogP contribution in [0.25, 0.3) is 16.6 Å². The fourth-order valence-electron chi connectivity index (χ4n) is 2.15. The van der Waals surface area contributed by atoms with E-state index in [2.05, 4.69) is 22.0 Å². The highest BCUT2D eigenvalue weighted by molar-refractivity contribution is 5.88. The molecule has 1 amide bonds. The van der Waals surface area contributed by atoms with Gasteiger partial charge in [-0.15, -0.1) is 0 Å². The third-order valence-corrected chi connectivity index (χ3v) is 3.00. The summed E-state index contributed by atoms with van der Waals surface area (Å²) in [6, 6.07) is 18.8. The highest BCUT2D eigenvalue weighted by Gasteiger charge is 2.02. The molecule has 2 aromatic carbocycles. The Morgan fingerprint density at radius 1 is 1.16 bits per heavy atom. The van der Waals surface area contributed by atoms with Gasteiger partial charge in [-0.25, -0.2) is 0 Å². The summed E-state index contributed by atoms with van der Waals surface area (Å²) in [6.07, 6.45) is 2.03. The molecule has 19 heavy (non-hydrogen) atoms. The molecule has 3 rings (SSSR count). The summed E-state index contributed by atoms with van der Waals surface area (Å²) in [6.45, 7) is 1.50. The standard InChI is InChI=1S/C16H13N2O/c1-12(19)17-14-6-8-15(9-7-14)18-11-10-13-4-2-3-5-16(13)18/h2,4-11H,1H3,(H,17,19). The quantitative estimate of drug-likeness (QED) is 0.742. The number of carbonyl (C=O) groups is 1. The lowest BCUT2D eigenvalue weighted by molar-refractivity contribution is -0.114. The van der Waals surface area contributed by atoms with Crippen molar-refractivity contribution in [1.29, 1.82) is 0 Å². The van der Waals surface area contributed by atoms with Crippen molar-refractivity contribution >= 4 is 22.5 Å². The first-order chi connectivity index (χ1) is 9.24. The second-order valence-electron chi connectivity index (χ2n) is 4.40. The van der Waals surface area contributed by atoms with E-state index in [1.54, 1.807) is 0 Å². The molecule has 0 saturated carbocycles. The number of nitrogens with one attached hydrogen (secondary N) is 1. The van der Waals surface area contributed by atoms with Crippen LogP contribution in [0.2, 0.25) is 0 Å². The number of nitrogens with zero attached hydrogens (tertiary/aromatic N) is 1. The highest BCUT2D eigenvalue weighted by atomic mass is 16.1. The number of hydrogen-bond donors (Lipinski definition) is 1. The van der Waals surface area contributed by atoms with Crippen molar-refractivity contribution in [2.75, 3.05) is 5.32 Å². The maximum absolute atomic E-state index is 11.0. The summed E-state index contributed by atoms with van der Waals surface area (Å²) in [5.74, 6) is -0.0613. The molecule has 0 aliphatic rings. The van der Waals surface area contributed by atoms with Crippen LogP contribution in [0.3, 0.4) is 0 Å². The van der Waals surface area contributed by atoms with E-state index in [0.29, 0.717) is 0 Å². The van der Waals surface area contributed by atoms with E-state index >= 15 is 0 Å². The Balaban J connectivity index is 2.00.